The largest absolute Gasteiger partial charge is 0.450 e. The molecule has 0 radical (unpaired) electrons. The van der Waals surface area contributed by atoms with Crippen molar-refractivity contribution in [1.82, 2.24) is 19.0 Å². The maximum atomic E-state index is 13.6. The van der Waals surface area contributed by atoms with Gasteiger partial charge >= 0.3 is 6.09 Å². The fourth-order valence-corrected chi connectivity index (χ4v) is 7.96. The first-order valence-corrected chi connectivity index (χ1v) is 16.8. The van der Waals surface area contributed by atoms with Gasteiger partial charge in [-0.3, -0.25) is 14.5 Å². The Balaban J connectivity index is 1.51. The summed E-state index contributed by atoms with van der Waals surface area (Å²) in [6.45, 7) is 13.7. The van der Waals surface area contributed by atoms with Crippen LogP contribution in [0.1, 0.15) is 65.8 Å². The number of fused-ring (bicyclic) bond motifs is 1. The molecule has 0 spiro atoms. The van der Waals surface area contributed by atoms with Gasteiger partial charge in [-0.2, -0.15) is 4.31 Å². The monoisotopic (exact) mass is 619 g/mol. The van der Waals surface area contributed by atoms with E-state index >= 15 is 0 Å². The van der Waals surface area contributed by atoms with Gasteiger partial charge in [0.05, 0.1) is 17.1 Å². The quantitative estimate of drug-likeness (QED) is 0.455. The van der Waals surface area contributed by atoms with Crippen molar-refractivity contribution in [2.45, 2.75) is 58.5 Å². The molecule has 0 saturated carbocycles. The van der Waals surface area contributed by atoms with Crippen molar-refractivity contribution in [3.8, 4) is 0 Å². The average molecular weight is 620 g/mol. The van der Waals surface area contributed by atoms with Crippen LogP contribution < -0.4 is 5.32 Å². The number of sulfonamides is 1. The Hall–Kier alpha value is -3.00. The van der Waals surface area contributed by atoms with Gasteiger partial charge in [-0.25, -0.2) is 13.2 Å². The first kappa shape index (κ1) is 31.9. The molecule has 2 aromatic rings. The van der Waals surface area contributed by atoms with E-state index in [1.807, 2.05) is 13.8 Å². The van der Waals surface area contributed by atoms with Gasteiger partial charge in [-0.15, -0.1) is 11.3 Å². The number of carbonyl (C=O) groups is 3. The summed E-state index contributed by atoms with van der Waals surface area (Å²) in [5.41, 5.74) is 1.86. The minimum atomic E-state index is -3.80. The molecular formula is C29H41N5O6S2. The molecule has 1 fully saturated rings. The zero-order valence-electron chi connectivity index (χ0n) is 25.0. The van der Waals surface area contributed by atoms with Crippen LogP contribution >= 0.6 is 11.3 Å². The zero-order chi connectivity index (χ0) is 30.6. The van der Waals surface area contributed by atoms with Gasteiger partial charge in [-0.1, -0.05) is 0 Å². The standard InChI is InChI=1S/C29H41N5O6S2/c1-6-31(7-2)28(36)25-23-13-14-33(20(4)5)19-24(23)41-27(25)30-26(35)21-9-11-22(12-10-21)42(38,39)34-17-15-32(16-18-34)29(37)40-8-3/h9-12,20H,6-8,13-19H2,1-5H3,(H,30,35). The van der Waals surface area contributed by atoms with Crippen LogP contribution in [-0.4, -0.2) is 104 Å². The Bertz CT molecular complexity index is 1390. The molecule has 0 bridgehead atoms. The summed E-state index contributed by atoms with van der Waals surface area (Å²) in [5, 5.41) is 3.49. The van der Waals surface area contributed by atoms with Crippen LogP contribution in [0.3, 0.4) is 0 Å². The predicted octanol–water partition coefficient (Wildman–Crippen LogP) is 3.71. The highest BCUT2D eigenvalue weighted by atomic mass is 32.2. The summed E-state index contributed by atoms with van der Waals surface area (Å²) >= 11 is 1.44. The van der Waals surface area contributed by atoms with E-state index < -0.39 is 22.0 Å². The molecule has 13 heteroatoms. The molecular weight excluding hydrogens is 578 g/mol. The Kier molecular flexibility index (Phi) is 10.3. The van der Waals surface area contributed by atoms with E-state index in [0.29, 0.717) is 29.7 Å². The highest BCUT2D eigenvalue weighted by molar-refractivity contribution is 7.89. The first-order valence-electron chi connectivity index (χ1n) is 14.5. The fourth-order valence-electron chi connectivity index (χ4n) is 5.28. The molecule has 2 aliphatic heterocycles. The zero-order valence-corrected chi connectivity index (χ0v) is 26.6. The van der Waals surface area contributed by atoms with Crippen LogP contribution in [0.2, 0.25) is 0 Å². The second-order valence-electron chi connectivity index (χ2n) is 10.6. The van der Waals surface area contributed by atoms with E-state index in [4.69, 9.17) is 4.74 Å². The number of ether oxygens (including phenoxy) is 1. The molecule has 42 heavy (non-hydrogen) atoms. The summed E-state index contributed by atoms with van der Waals surface area (Å²) in [5.74, 6) is -0.495. The summed E-state index contributed by atoms with van der Waals surface area (Å²) in [6.07, 6.45) is 0.291. The maximum absolute atomic E-state index is 13.6. The fraction of sp³-hybridized carbons (Fsp3) is 0.552. The molecule has 1 aromatic heterocycles. The highest BCUT2D eigenvalue weighted by Gasteiger charge is 2.32. The Labute approximate surface area is 252 Å². The summed E-state index contributed by atoms with van der Waals surface area (Å²) in [6, 6.07) is 6.18. The van der Waals surface area contributed by atoms with E-state index in [1.165, 1.54) is 44.8 Å². The molecule has 11 nitrogen and oxygen atoms in total. The molecule has 1 aromatic carbocycles. The molecule has 0 aliphatic carbocycles. The van der Waals surface area contributed by atoms with Crippen LogP contribution in [0.15, 0.2) is 29.2 Å². The van der Waals surface area contributed by atoms with Crippen molar-refractivity contribution in [3.63, 3.8) is 0 Å². The smallest absolute Gasteiger partial charge is 0.409 e. The molecule has 3 heterocycles. The third-order valence-electron chi connectivity index (χ3n) is 7.83. The third kappa shape index (κ3) is 6.64. The van der Waals surface area contributed by atoms with Crippen molar-refractivity contribution < 1.29 is 27.5 Å². The number of hydrogen-bond donors (Lipinski definition) is 1. The van der Waals surface area contributed by atoms with Crippen molar-refractivity contribution in [1.29, 1.82) is 0 Å². The molecule has 1 saturated heterocycles. The number of nitrogens with one attached hydrogen (secondary N) is 1. The normalized spacial score (nSPS) is 16.3. The van der Waals surface area contributed by atoms with Crippen molar-refractivity contribution in [3.05, 3.63) is 45.8 Å². The highest BCUT2D eigenvalue weighted by Crippen LogP contribution is 2.38. The van der Waals surface area contributed by atoms with E-state index in [0.717, 1.165) is 30.0 Å². The van der Waals surface area contributed by atoms with Crippen LogP contribution in [0.4, 0.5) is 9.80 Å². The lowest BCUT2D eigenvalue weighted by Crippen LogP contribution is -2.50. The number of benzene rings is 1. The molecule has 0 unspecified atom stereocenters. The van der Waals surface area contributed by atoms with Crippen molar-refractivity contribution in [2.24, 2.45) is 0 Å². The van der Waals surface area contributed by atoms with Gasteiger partial charge in [-0.05, 0) is 70.9 Å². The van der Waals surface area contributed by atoms with Gasteiger partial charge < -0.3 is 19.9 Å². The molecule has 4 rings (SSSR count). The number of anilines is 1. The second kappa shape index (κ2) is 13.5. The molecule has 230 valence electrons. The number of thiophene rings is 1. The van der Waals surface area contributed by atoms with Crippen LogP contribution in [0, 0.1) is 0 Å². The Morgan fingerprint density at radius 2 is 1.64 bits per heavy atom. The van der Waals surface area contributed by atoms with E-state index in [-0.39, 0.29) is 49.2 Å². The molecule has 0 atom stereocenters. The number of carbonyl (C=O) groups excluding carboxylic acids is 3. The number of nitrogens with zero attached hydrogens (tertiary/aromatic N) is 4. The van der Waals surface area contributed by atoms with Gasteiger partial charge in [0.2, 0.25) is 10.0 Å². The molecule has 2 aliphatic rings. The van der Waals surface area contributed by atoms with E-state index in [9.17, 15) is 22.8 Å². The van der Waals surface area contributed by atoms with Crippen molar-refractivity contribution in [2.75, 3.05) is 57.7 Å². The summed E-state index contributed by atoms with van der Waals surface area (Å²) in [4.78, 5) is 45.6. The minimum Gasteiger partial charge on any atom is -0.450 e. The average Bonchev–Trinajstić information content (AvgIpc) is 3.34. The minimum absolute atomic E-state index is 0.0707. The van der Waals surface area contributed by atoms with Gasteiger partial charge in [0.15, 0.2) is 0 Å². The van der Waals surface area contributed by atoms with Crippen molar-refractivity contribution >= 4 is 44.3 Å². The summed E-state index contributed by atoms with van der Waals surface area (Å²) in [7, 11) is -3.80. The second-order valence-corrected chi connectivity index (χ2v) is 13.6. The first-order chi connectivity index (χ1) is 20.0. The van der Waals surface area contributed by atoms with Crippen LogP contribution in [0.25, 0.3) is 0 Å². The number of rotatable bonds is 9. The van der Waals surface area contributed by atoms with Crippen LogP contribution in [0.5, 0.6) is 0 Å². The SMILES string of the molecule is CCOC(=O)N1CCN(S(=O)(=O)c2ccc(C(=O)Nc3sc4c(c3C(=O)N(CC)CC)CCN(C(C)C)C4)cc2)CC1. The maximum Gasteiger partial charge on any atom is 0.409 e. The van der Waals surface area contributed by atoms with Gasteiger partial charge in [0.25, 0.3) is 11.8 Å². The molecule has 1 N–H and O–H groups in total. The number of piperazine rings is 1. The van der Waals surface area contributed by atoms with Crippen LogP contribution in [-0.2, 0) is 27.7 Å². The lowest BCUT2D eigenvalue weighted by molar-refractivity contribution is 0.0772. The summed E-state index contributed by atoms with van der Waals surface area (Å²) < 4.78 is 32.8. The molecule has 3 amide bonds. The van der Waals surface area contributed by atoms with E-state index in [1.54, 1.807) is 11.8 Å². The van der Waals surface area contributed by atoms with E-state index in [2.05, 4.69) is 24.1 Å². The predicted molar refractivity (Wildman–Crippen MR) is 163 cm³/mol. The topological polar surface area (TPSA) is 120 Å². The van der Waals surface area contributed by atoms with Gasteiger partial charge in [0.1, 0.15) is 5.00 Å². The van der Waals surface area contributed by atoms with Gasteiger partial charge in [0, 0.05) is 68.8 Å². The number of amides is 3. The third-order valence-corrected chi connectivity index (χ3v) is 10.9. The number of hydrogen-bond acceptors (Lipinski definition) is 8. The Morgan fingerprint density at radius 1 is 1.00 bits per heavy atom. The lowest BCUT2D eigenvalue weighted by atomic mass is 10.0. The Morgan fingerprint density at radius 3 is 2.21 bits per heavy atom. The lowest BCUT2D eigenvalue weighted by Gasteiger charge is -2.33.